The SMILES string of the molecule is COc1ccc(C)cc1CN1CCN(S(=O)(=O)c2ccccc2C#N)CC1. The van der Waals surface area contributed by atoms with E-state index in [4.69, 9.17) is 4.74 Å². The van der Waals surface area contributed by atoms with E-state index in [0.29, 0.717) is 32.7 Å². The number of rotatable bonds is 5. The molecule has 0 radical (unpaired) electrons. The fraction of sp³-hybridized carbons (Fsp3) is 0.350. The number of hydrogen-bond acceptors (Lipinski definition) is 5. The van der Waals surface area contributed by atoms with Crippen molar-refractivity contribution < 1.29 is 13.2 Å². The van der Waals surface area contributed by atoms with Crippen LogP contribution < -0.4 is 4.74 Å². The van der Waals surface area contributed by atoms with Gasteiger partial charge in [-0.2, -0.15) is 9.57 Å². The van der Waals surface area contributed by atoms with Crippen molar-refractivity contribution in [2.45, 2.75) is 18.4 Å². The number of ether oxygens (including phenoxy) is 1. The van der Waals surface area contributed by atoms with Gasteiger partial charge in [-0.05, 0) is 25.1 Å². The number of nitriles is 1. The predicted octanol–water partition coefficient (Wildman–Crippen LogP) is 2.38. The Kier molecular flexibility index (Phi) is 5.80. The van der Waals surface area contributed by atoms with E-state index in [0.717, 1.165) is 11.3 Å². The monoisotopic (exact) mass is 385 g/mol. The van der Waals surface area contributed by atoms with E-state index < -0.39 is 10.0 Å². The predicted molar refractivity (Wildman–Crippen MR) is 103 cm³/mol. The van der Waals surface area contributed by atoms with Gasteiger partial charge >= 0.3 is 0 Å². The summed E-state index contributed by atoms with van der Waals surface area (Å²) in [7, 11) is -2.00. The molecule has 0 bridgehead atoms. The van der Waals surface area contributed by atoms with Gasteiger partial charge in [0.1, 0.15) is 11.8 Å². The van der Waals surface area contributed by atoms with Crippen molar-refractivity contribution in [1.29, 1.82) is 5.26 Å². The van der Waals surface area contributed by atoms with Crippen LogP contribution in [0.4, 0.5) is 0 Å². The molecule has 1 aliphatic rings. The van der Waals surface area contributed by atoms with Gasteiger partial charge in [-0.1, -0.05) is 29.8 Å². The van der Waals surface area contributed by atoms with Gasteiger partial charge in [0.2, 0.25) is 10.0 Å². The molecule has 1 saturated heterocycles. The smallest absolute Gasteiger partial charge is 0.244 e. The molecule has 0 atom stereocenters. The Morgan fingerprint density at radius 1 is 1.11 bits per heavy atom. The zero-order chi connectivity index (χ0) is 19.4. The summed E-state index contributed by atoms with van der Waals surface area (Å²) in [6.07, 6.45) is 0. The van der Waals surface area contributed by atoms with Crippen molar-refractivity contribution in [3.8, 4) is 11.8 Å². The van der Waals surface area contributed by atoms with Crippen molar-refractivity contribution in [2.24, 2.45) is 0 Å². The third-order valence-electron chi connectivity index (χ3n) is 4.79. The van der Waals surface area contributed by atoms with Crippen LogP contribution in [-0.4, -0.2) is 50.9 Å². The lowest BCUT2D eigenvalue weighted by molar-refractivity contribution is 0.180. The van der Waals surface area contributed by atoms with Crippen molar-refractivity contribution in [3.05, 3.63) is 59.2 Å². The molecule has 0 aromatic heterocycles. The molecule has 2 aromatic rings. The van der Waals surface area contributed by atoms with Crippen molar-refractivity contribution in [1.82, 2.24) is 9.21 Å². The molecule has 7 heteroatoms. The Morgan fingerprint density at radius 2 is 1.81 bits per heavy atom. The normalized spacial score (nSPS) is 16.0. The van der Waals surface area contributed by atoms with Gasteiger partial charge in [0.05, 0.1) is 17.6 Å². The molecule has 2 aromatic carbocycles. The Morgan fingerprint density at radius 3 is 2.48 bits per heavy atom. The molecule has 6 nitrogen and oxygen atoms in total. The van der Waals surface area contributed by atoms with Crippen molar-refractivity contribution >= 4 is 10.0 Å². The molecule has 1 aliphatic heterocycles. The first-order valence-corrected chi connectivity index (χ1v) is 10.2. The van der Waals surface area contributed by atoms with Gasteiger partial charge in [-0.15, -0.1) is 0 Å². The highest BCUT2D eigenvalue weighted by Crippen LogP contribution is 2.24. The third-order valence-corrected chi connectivity index (χ3v) is 6.74. The van der Waals surface area contributed by atoms with Gasteiger partial charge < -0.3 is 4.74 Å². The highest BCUT2D eigenvalue weighted by molar-refractivity contribution is 7.89. The van der Waals surface area contributed by atoms with Crippen LogP contribution in [0.1, 0.15) is 16.7 Å². The molecule has 1 heterocycles. The number of hydrogen-bond donors (Lipinski definition) is 0. The van der Waals surface area contributed by atoms with Crippen molar-refractivity contribution in [3.63, 3.8) is 0 Å². The van der Waals surface area contributed by atoms with Crippen LogP contribution in [0, 0.1) is 18.3 Å². The highest BCUT2D eigenvalue weighted by Gasteiger charge is 2.30. The lowest BCUT2D eigenvalue weighted by Gasteiger charge is -2.34. The molecule has 0 N–H and O–H groups in total. The maximum absolute atomic E-state index is 12.9. The van der Waals surface area contributed by atoms with Gasteiger partial charge in [-0.25, -0.2) is 8.42 Å². The van der Waals surface area contributed by atoms with Gasteiger partial charge in [0.25, 0.3) is 0 Å². The van der Waals surface area contributed by atoms with Gasteiger partial charge in [-0.3, -0.25) is 4.90 Å². The van der Waals surface area contributed by atoms with Crippen LogP contribution >= 0.6 is 0 Å². The average molecular weight is 385 g/mol. The number of sulfonamides is 1. The van der Waals surface area contributed by atoms with Gasteiger partial charge in [0, 0.05) is 38.3 Å². The topological polar surface area (TPSA) is 73.6 Å². The number of aryl methyl sites for hydroxylation is 1. The summed E-state index contributed by atoms with van der Waals surface area (Å²) in [5.74, 6) is 0.846. The summed E-state index contributed by atoms with van der Waals surface area (Å²) in [6, 6.07) is 14.4. The molecule has 27 heavy (non-hydrogen) atoms. The summed E-state index contributed by atoms with van der Waals surface area (Å²) >= 11 is 0. The highest BCUT2D eigenvalue weighted by atomic mass is 32.2. The minimum absolute atomic E-state index is 0.0845. The summed E-state index contributed by atoms with van der Waals surface area (Å²) in [4.78, 5) is 2.31. The minimum atomic E-state index is -3.66. The van der Waals surface area contributed by atoms with Crippen LogP contribution in [0.5, 0.6) is 5.75 Å². The lowest BCUT2D eigenvalue weighted by Crippen LogP contribution is -2.48. The molecule has 142 valence electrons. The largest absolute Gasteiger partial charge is 0.496 e. The summed E-state index contributed by atoms with van der Waals surface area (Å²) < 4.78 is 32.7. The van der Waals surface area contributed by atoms with E-state index in [2.05, 4.69) is 11.0 Å². The Labute approximate surface area is 160 Å². The molecule has 3 rings (SSSR count). The maximum atomic E-state index is 12.9. The molecular weight excluding hydrogens is 362 g/mol. The third kappa shape index (κ3) is 4.14. The van der Waals surface area contributed by atoms with E-state index in [1.54, 1.807) is 19.2 Å². The second kappa shape index (κ2) is 8.09. The van der Waals surface area contributed by atoms with E-state index in [-0.39, 0.29) is 10.5 Å². The number of methoxy groups -OCH3 is 1. The van der Waals surface area contributed by atoms with Crippen molar-refractivity contribution in [2.75, 3.05) is 33.3 Å². The van der Waals surface area contributed by atoms with Gasteiger partial charge in [0.15, 0.2) is 0 Å². The van der Waals surface area contributed by atoms with Crippen LogP contribution in [-0.2, 0) is 16.6 Å². The Balaban J connectivity index is 1.71. The summed E-state index contributed by atoms with van der Waals surface area (Å²) in [6.45, 7) is 4.82. The fourth-order valence-electron chi connectivity index (χ4n) is 3.32. The first-order valence-electron chi connectivity index (χ1n) is 8.81. The fourth-order valence-corrected chi connectivity index (χ4v) is 4.89. The zero-order valence-corrected chi connectivity index (χ0v) is 16.4. The second-order valence-electron chi connectivity index (χ2n) is 6.60. The maximum Gasteiger partial charge on any atom is 0.244 e. The van der Waals surface area contributed by atoms with E-state index >= 15 is 0 Å². The lowest BCUT2D eigenvalue weighted by atomic mass is 10.1. The Hall–Kier alpha value is -2.40. The molecule has 0 unspecified atom stereocenters. The van der Waals surface area contributed by atoms with Crippen LogP contribution in [0.3, 0.4) is 0 Å². The van der Waals surface area contributed by atoms with E-state index in [1.165, 1.54) is 22.0 Å². The van der Waals surface area contributed by atoms with E-state index in [1.807, 2.05) is 25.1 Å². The second-order valence-corrected chi connectivity index (χ2v) is 8.51. The first kappa shape index (κ1) is 19.4. The van der Waals surface area contributed by atoms with Crippen LogP contribution in [0.25, 0.3) is 0 Å². The average Bonchev–Trinajstić information content (AvgIpc) is 2.68. The number of benzene rings is 2. The first-order chi connectivity index (χ1) is 13.0. The minimum Gasteiger partial charge on any atom is -0.496 e. The molecule has 1 fully saturated rings. The summed E-state index contributed by atoms with van der Waals surface area (Å²) in [5.41, 5.74) is 2.45. The van der Waals surface area contributed by atoms with E-state index in [9.17, 15) is 13.7 Å². The molecular formula is C20H23N3O3S. The molecule has 0 spiro atoms. The standard InChI is InChI=1S/C20H23N3O3S/c1-16-7-8-19(26-2)18(13-16)15-22-9-11-23(12-10-22)27(24,25)20-6-4-3-5-17(20)14-21/h3-8,13H,9-12,15H2,1-2H3. The molecule has 0 aliphatic carbocycles. The number of piperazine rings is 1. The van der Waals surface area contributed by atoms with Crippen LogP contribution in [0.2, 0.25) is 0 Å². The molecule has 0 saturated carbocycles. The van der Waals surface area contributed by atoms with Crippen LogP contribution in [0.15, 0.2) is 47.4 Å². The summed E-state index contributed by atoms with van der Waals surface area (Å²) in [5, 5.41) is 9.21. The quantitative estimate of drug-likeness (QED) is 0.790. The molecule has 0 amide bonds. The zero-order valence-electron chi connectivity index (χ0n) is 15.6. The Bertz CT molecular complexity index is 959. The number of nitrogens with zero attached hydrogens (tertiary/aromatic N) is 3.